The Morgan fingerprint density at radius 3 is 2.03 bits per heavy atom. The molecule has 0 radical (unpaired) electrons. The number of Topliss-reactive ketones (excluding diaryl/α,β-unsaturated/α-hetero) is 3. The van der Waals surface area contributed by atoms with Gasteiger partial charge >= 0.3 is 5.97 Å². The standard InChI is InChI=1S/C26H32O7/c1-25(2)10-17(27)23(18(28)11-25)22(24-19(29)12-26(3,4)13-20(24)30)15-6-8-16(9-7-15)33-14-21(31)32-5/h6-9,22-23,29H,10-14H2,1-5H3/t22-/m0/s1. The zero-order valence-corrected chi connectivity index (χ0v) is 19.9. The molecule has 1 N–H and O–H groups in total. The molecule has 1 fully saturated rings. The molecule has 7 heteroatoms. The fourth-order valence-corrected chi connectivity index (χ4v) is 4.93. The lowest BCUT2D eigenvalue weighted by atomic mass is 9.62. The van der Waals surface area contributed by atoms with Gasteiger partial charge in [-0.25, -0.2) is 4.79 Å². The number of aliphatic hydroxyl groups excluding tert-OH is 1. The molecule has 33 heavy (non-hydrogen) atoms. The molecule has 0 bridgehead atoms. The minimum atomic E-state index is -1.03. The van der Waals surface area contributed by atoms with E-state index in [1.165, 1.54) is 7.11 Å². The smallest absolute Gasteiger partial charge is 0.343 e. The Kier molecular flexibility index (Phi) is 6.82. The summed E-state index contributed by atoms with van der Waals surface area (Å²) in [6, 6.07) is 6.57. The van der Waals surface area contributed by atoms with Crippen LogP contribution in [0.1, 0.15) is 64.9 Å². The highest BCUT2D eigenvalue weighted by Gasteiger charge is 2.48. The quantitative estimate of drug-likeness (QED) is 0.507. The molecule has 3 rings (SSSR count). The van der Waals surface area contributed by atoms with Crippen molar-refractivity contribution in [2.45, 2.75) is 59.3 Å². The van der Waals surface area contributed by atoms with Gasteiger partial charge in [0, 0.05) is 37.2 Å². The van der Waals surface area contributed by atoms with Crippen LogP contribution in [0.15, 0.2) is 35.6 Å². The van der Waals surface area contributed by atoms with Gasteiger partial charge in [-0.3, -0.25) is 14.4 Å². The van der Waals surface area contributed by atoms with Crippen molar-refractivity contribution in [3.05, 3.63) is 41.2 Å². The van der Waals surface area contributed by atoms with E-state index in [9.17, 15) is 24.3 Å². The topological polar surface area (TPSA) is 107 Å². The third-order valence-electron chi connectivity index (χ3n) is 6.36. The molecule has 2 aliphatic rings. The molecule has 1 aromatic rings. The third-order valence-corrected chi connectivity index (χ3v) is 6.36. The molecule has 7 nitrogen and oxygen atoms in total. The number of esters is 1. The first kappa shape index (κ1) is 24.7. The van der Waals surface area contributed by atoms with Crippen molar-refractivity contribution >= 4 is 23.3 Å². The number of rotatable bonds is 6. The number of ketones is 3. The van der Waals surface area contributed by atoms with E-state index >= 15 is 0 Å². The van der Waals surface area contributed by atoms with E-state index in [0.717, 1.165) is 0 Å². The van der Waals surface area contributed by atoms with Crippen LogP contribution in [0, 0.1) is 16.7 Å². The van der Waals surface area contributed by atoms with Crippen LogP contribution in [0.25, 0.3) is 0 Å². The van der Waals surface area contributed by atoms with Crippen LogP contribution in [0.5, 0.6) is 5.75 Å². The molecule has 0 heterocycles. The average molecular weight is 457 g/mol. The summed E-state index contributed by atoms with van der Waals surface area (Å²) in [4.78, 5) is 50.9. The van der Waals surface area contributed by atoms with Gasteiger partial charge in [-0.15, -0.1) is 0 Å². The Bertz CT molecular complexity index is 978. The van der Waals surface area contributed by atoms with Crippen LogP contribution in [0.2, 0.25) is 0 Å². The fraction of sp³-hybridized carbons (Fsp3) is 0.538. The Morgan fingerprint density at radius 1 is 0.970 bits per heavy atom. The van der Waals surface area contributed by atoms with Gasteiger partial charge in [0.15, 0.2) is 12.4 Å². The normalized spacial score (nSPS) is 21.7. The van der Waals surface area contributed by atoms with Crippen molar-refractivity contribution in [2.24, 2.45) is 16.7 Å². The Balaban J connectivity index is 2.03. The van der Waals surface area contributed by atoms with Gasteiger partial charge in [0.1, 0.15) is 23.1 Å². The van der Waals surface area contributed by atoms with Gasteiger partial charge in [0.2, 0.25) is 0 Å². The molecule has 2 aliphatic carbocycles. The molecule has 0 aromatic heterocycles. The number of methoxy groups -OCH3 is 1. The van der Waals surface area contributed by atoms with Crippen LogP contribution in [0.4, 0.5) is 0 Å². The summed E-state index contributed by atoms with van der Waals surface area (Å²) in [6.45, 7) is 7.31. The predicted molar refractivity (Wildman–Crippen MR) is 121 cm³/mol. The molecule has 1 atom stereocenters. The van der Waals surface area contributed by atoms with Gasteiger partial charge in [-0.1, -0.05) is 39.8 Å². The van der Waals surface area contributed by atoms with Crippen molar-refractivity contribution in [1.29, 1.82) is 0 Å². The second-order valence-electron chi connectivity index (χ2n) is 10.6. The maximum absolute atomic E-state index is 13.2. The van der Waals surface area contributed by atoms with Crippen LogP contribution in [-0.2, 0) is 23.9 Å². The van der Waals surface area contributed by atoms with Crippen LogP contribution in [0.3, 0.4) is 0 Å². The summed E-state index contributed by atoms with van der Waals surface area (Å²) in [7, 11) is 1.27. The van der Waals surface area contributed by atoms with E-state index < -0.39 is 28.6 Å². The second-order valence-corrected chi connectivity index (χ2v) is 10.6. The highest BCUT2D eigenvalue weighted by molar-refractivity contribution is 6.09. The first-order chi connectivity index (χ1) is 15.3. The monoisotopic (exact) mass is 456 g/mol. The molecular formula is C26H32O7. The maximum atomic E-state index is 13.2. The van der Waals surface area contributed by atoms with E-state index in [2.05, 4.69) is 4.74 Å². The van der Waals surface area contributed by atoms with Crippen molar-refractivity contribution in [1.82, 2.24) is 0 Å². The minimum Gasteiger partial charge on any atom is -0.512 e. The number of hydrogen-bond acceptors (Lipinski definition) is 7. The lowest BCUT2D eigenvalue weighted by molar-refractivity contribution is -0.143. The van der Waals surface area contributed by atoms with Gasteiger partial charge < -0.3 is 14.6 Å². The zero-order valence-electron chi connectivity index (χ0n) is 19.9. The van der Waals surface area contributed by atoms with Crippen molar-refractivity contribution in [3.8, 4) is 5.75 Å². The van der Waals surface area contributed by atoms with E-state index in [0.29, 0.717) is 17.7 Å². The molecule has 178 valence electrons. The predicted octanol–water partition coefficient (Wildman–Crippen LogP) is 4.10. The first-order valence-electron chi connectivity index (χ1n) is 11.1. The number of aliphatic hydroxyl groups is 1. The summed E-state index contributed by atoms with van der Waals surface area (Å²) < 4.78 is 9.95. The molecule has 0 saturated heterocycles. The Morgan fingerprint density at radius 2 is 1.52 bits per heavy atom. The fourth-order valence-electron chi connectivity index (χ4n) is 4.93. The molecule has 0 amide bonds. The highest BCUT2D eigenvalue weighted by Crippen LogP contribution is 2.47. The lowest BCUT2D eigenvalue weighted by Crippen LogP contribution is -2.43. The summed E-state index contributed by atoms with van der Waals surface area (Å²) in [5.74, 6) is -2.75. The van der Waals surface area contributed by atoms with Gasteiger partial charge in [0.25, 0.3) is 0 Å². The molecule has 0 unspecified atom stereocenters. The molecule has 1 saturated carbocycles. The molecule has 1 aromatic carbocycles. The minimum absolute atomic E-state index is 0.0577. The van der Waals surface area contributed by atoms with E-state index in [4.69, 9.17) is 4.74 Å². The lowest BCUT2D eigenvalue weighted by Gasteiger charge is -2.39. The number of ether oxygens (including phenoxy) is 2. The number of carbonyl (C=O) groups excluding carboxylic acids is 4. The second kappa shape index (κ2) is 9.12. The number of allylic oxidation sites excluding steroid dienone is 2. The molecule has 0 spiro atoms. The maximum Gasteiger partial charge on any atom is 0.343 e. The van der Waals surface area contributed by atoms with Crippen LogP contribution in [-0.4, -0.2) is 42.1 Å². The largest absolute Gasteiger partial charge is 0.512 e. The summed E-state index contributed by atoms with van der Waals surface area (Å²) >= 11 is 0. The average Bonchev–Trinajstić information content (AvgIpc) is 2.68. The molecule has 0 aliphatic heterocycles. The Hall–Kier alpha value is -2.96. The van der Waals surface area contributed by atoms with Crippen LogP contribution < -0.4 is 4.74 Å². The number of carbonyl (C=O) groups is 4. The zero-order chi connectivity index (χ0) is 24.6. The summed E-state index contributed by atoms with van der Waals surface area (Å²) in [5, 5.41) is 10.9. The van der Waals surface area contributed by atoms with Crippen molar-refractivity contribution in [3.63, 3.8) is 0 Å². The number of hydrogen-bond donors (Lipinski definition) is 1. The van der Waals surface area contributed by atoms with Crippen molar-refractivity contribution < 1.29 is 33.8 Å². The first-order valence-corrected chi connectivity index (χ1v) is 11.1. The Labute approximate surface area is 194 Å². The summed E-state index contributed by atoms with van der Waals surface area (Å²) in [6.07, 6.45) is 0.983. The van der Waals surface area contributed by atoms with E-state index in [1.54, 1.807) is 24.3 Å². The van der Waals surface area contributed by atoms with E-state index in [1.807, 2.05) is 27.7 Å². The van der Waals surface area contributed by atoms with Gasteiger partial charge in [0.05, 0.1) is 13.0 Å². The van der Waals surface area contributed by atoms with Crippen LogP contribution >= 0.6 is 0 Å². The SMILES string of the molecule is COC(=O)COc1ccc([C@H](C2=C(O)CC(C)(C)CC2=O)C2C(=O)CC(C)(C)CC2=O)cc1. The van der Waals surface area contributed by atoms with Gasteiger partial charge in [-0.2, -0.15) is 0 Å². The third kappa shape index (κ3) is 5.52. The molecular weight excluding hydrogens is 424 g/mol. The van der Waals surface area contributed by atoms with Crippen molar-refractivity contribution in [2.75, 3.05) is 13.7 Å². The number of benzene rings is 1. The summed E-state index contributed by atoms with van der Waals surface area (Å²) in [5.41, 5.74) is -0.107. The van der Waals surface area contributed by atoms with Gasteiger partial charge in [-0.05, 0) is 28.5 Å². The highest BCUT2D eigenvalue weighted by atomic mass is 16.6. The van der Waals surface area contributed by atoms with E-state index in [-0.39, 0.29) is 54.6 Å².